The van der Waals surface area contributed by atoms with Crippen molar-refractivity contribution < 1.29 is 24.2 Å². The van der Waals surface area contributed by atoms with Crippen molar-refractivity contribution in [3.8, 4) is 11.5 Å². The van der Waals surface area contributed by atoms with E-state index >= 15 is 0 Å². The maximum absolute atomic E-state index is 13.9. The van der Waals surface area contributed by atoms with Gasteiger partial charge in [-0.05, 0) is 49.4 Å². The van der Waals surface area contributed by atoms with Crippen molar-refractivity contribution in [3.63, 3.8) is 0 Å². The van der Waals surface area contributed by atoms with Gasteiger partial charge in [-0.2, -0.15) is 0 Å². The minimum Gasteiger partial charge on any atom is -0.508 e. The smallest absolute Gasteiger partial charge is 0.308 e. The largest absolute Gasteiger partial charge is 0.508 e. The Hall–Kier alpha value is -4.35. The summed E-state index contributed by atoms with van der Waals surface area (Å²) < 4.78 is 6.50. The standard InChI is InChI=1S/C30H25N3O6S2/c1-16-7-11-18(12-8-16)33-27(36)24-23(20-5-3-4-6-21(20)34)26-29(40-25(24)28(33)37)32(30(38)41-26)15-22(35)31-17-9-13-19(39-2)14-10-17/h3-14,23-25,34H,15H2,1-2H3,(H,31,35)/t23-,24?,25?/m0/s1. The minimum atomic E-state index is -0.842. The molecule has 1 aromatic heterocycles. The molecular weight excluding hydrogens is 562 g/mol. The van der Waals surface area contributed by atoms with Gasteiger partial charge in [0.15, 0.2) is 0 Å². The average Bonchev–Trinajstić information content (AvgIpc) is 3.40. The third kappa shape index (κ3) is 4.70. The number of aromatic nitrogens is 1. The van der Waals surface area contributed by atoms with Gasteiger partial charge in [-0.3, -0.25) is 23.7 Å². The van der Waals surface area contributed by atoms with Crippen molar-refractivity contribution in [2.24, 2.45) is 5.92 Å². The second kappa shape index (κ2) is 10.6. The number of fused-ring (bicyclic) bond motifs is 2. The van der Waals surface area contributed by atoms with Gasteiger partial charge in [0.1, 0.15) is 23.3 Å². The van der Waals surface area contributed by atoms with E-state index in [0.717, 1.165) is 28.7 Å². The molecule has 0 radical (unpaired) electrons. The lowest BCUT2D eigenvalue weighted by Gasteiger charge is -2.31. The van der Waals surface area contributed by atoms with Crippen LogP contribution in [0.3, 0.4) is 0 Å². The minimum absolute atomic E-state index is 0.0345. The molecule has 9 nitrogen and oxygen atoms in total. The van der Waals surface area contributed by atoms with Crippen LogP contribution in [0.5, 0.6) is 11.5 Å². The van der Waals surface area contributed by atoms with E-state index in [1.807, 2.05) is 19.1 Å². The summed E-state index contributed by atoms with van der Waals surface area (Å²) in [4.78, 5) is 55.3. The monoisotopic (exact) mass is 587 g/mol. The summed E-state index contributed by atoms with van der Waals surface area (Å²) in [6.07, 6.45) is 0. The Balaban J connectivity index is 1.39. The Morgan fingerprint density at radius 3 is 2.37 bits per heavy atom. The number of methoxy groups -OCH3 is 1. The molecule has 0 aliphatic carbocycles. The number of hydrogen-bond acceptors (Lipinski definition) is 8. The summed E-state index contributed by atoms with van der Waals surface area (Å²) in [6, 6.07) is 20.6. The highest BCUT2D eigenvalue weighted by atomic mass is 32.2. The number of aryl methyl sites for hydroxylation is 1. The highest BCUT2D eigenvalue weighted by Gasteiger charge is 2.57. The Morgan fingerprint density at radius 1 is 0.976 bits per heavy atom. The second-order valence-electron chi connectivity index (χ2n) is 9.85. The Kier molecular flexibility index (Phi) is 6.92. The van der Waals surface area contributed by atoms with Crippen LogP contribution >= 0.6 is 23.1 Å². The van der Waals surface area contributed by atoms with E-state index in [4.69, 9.17) is 4.74 Å². The van der Waals surface area contributed by atoms with Crippen LogP contribution < -0.4 is 19.8 Å². The van der Waals surface area contributed by atoms with Crippen LogP contribution in [0.15, 0.2) is 82.6 Å². The molecule has 2 N–H and O–H groups in total. The first-order valence-electron chi connectivity index (χ1n) is 12.8. The number of hydrogen-bond donors (Lipinski definition) is 2. The maximum Gasteiger partial charge on any atom is 0.308 e. The number of nitrogens with zero attached hydrogens (tertiary/aromatic N) is 2. The van der Waals surface area contributed by atoms with Gasteiger partial charge in [-0.25, -0.2) is 4.90 Å². The molecule has 208 valence electrons. The van der Waals surface area contributed by atoms with Crippen molar-refractivity contribution in [1.82, 2.24) is 4.57 Å². The van der Waals surface area contributed by atoms with Crippen LogP contribution in [0, 0.1) is 12.8 Å². The number of ether oxygens (including phenoxy) is 1. The lowest BCUT2D eigenvalue weighted by atomic mass is 9.82. The molecule has 4 aromatic rings. The SMILES string of the molecule is COc1ccc(NC(=O)Cn2c3c(sc2=O)[C@@H](c2ccccc2O)C2C(=O)N(c4ccc(C)cc4)C(=O)C2S3)cc1. The van der Waals surface area contributed by atoms with E-state index in [2.05, 4.69) is 5.32 Å². The Morgan fingerprint density at radius 2 is 1.68 bits per heavy atom. The lowest BCUT2D eigenvalue weighted by Crippen LogP contribution is -2.33. The van der Waals surface area contributed by atoms with E-state index in [1.54, 1.807) is 61.7 Å². The van der Waals surface area contributed by atoms with E-state index < -0.39 is 28.9 Å². The molecule has 6 rings (SSSR count). The zero-order valence-corrected chi connectivity index (χ0v) is 23.7. The fraction of sp³-hybridized carbons (Fsp3) is 0.200. The number of carbonyl (C=O) groups excluding carboxylic acids is 3. The molecule has 41 heavy (non-hydrogen) atoms. The van der Waals surface area contributed by atoms with Gasteiger partial charge >= 0.3 is 4.87 Å². The highest BCUT2D eigenvalue weighted by Crippen LogP contribution is 2.55. The van der Waals surface area contributed by atoms with Gasteiger partial charge in [0, 0.05) is 22.0 Å². The van der Waals surface area contributed by atoms with Crippen molar-refractivity contribution in [1.29, 1.82) is 0 Å². The predicted molar refractivity (Wildman–Crippen MR) is 157 cm³/mol. The second-order valence-corrected chi connectivity index (χ2v) is 12.0. The summed E-state index contributed by atoms with van der Waals surface area (Å²) in [5.74, 6) is -2.18. The number of phenols is 1. The van der Waals surface area contributed by atoms with E-state index in [0.29, 0.717) is 32.6 Å². The molecule has 0 saturated carbocycles. The summed E-state index contributed by atoms with van der Waals surface area (Å²) in [5, 5.41) is 13.2. The van der Waals surface area contributed by atoms with Gasteiger partial charge < -0.3 is 15.2 Å². The highest BCUT2D eigenvalue weighted by molar-refractivity contribution is 8.00. The van der Waals surface area contributed by atoms with Crippen LogP contribution in [-0.2, 0) is 20.9 Å². The quantitative estimate of drug-likeness (QED) is 0.322. The molecular formula is C30H25N3O6S2. The summed E-state index contributed by atoms with van der Waals surface area (Å²) in [6.45, 7) is 1.64. The number of aromatic hydroxyl groups is 1. The van der Waals surface area contributed by atoms with Gasteiger partial charge in [-0.1, -0.05) is 59.0 Å². The summed E-state index contributed by atoms with van der Waals surface area (Å²) in [7, 11) is 1.55. The molecule has 0 spiro atoms. The number of rotatable bonds is 6. The van der Waals surface area contributed by atoms with Gasteiger partial charge in [0.2, 0.25) is 17.7 Å². The van der Waals surface area contributed by atoms with Crippen LogP contribution in [0.1, 0.15) is 21.9 Å². The van der Waals surface area contributed by atoms with Gasteiger partial charge in [-0.15, -0.1) is 0 Å². The number of benzene rings is 3. The van der Waals surface area contributed by atoms with Gasteiger partial charge in [0.05, 0.1) is 23.7 Å². The molecule has 1 saturated heterocycles. The number of para-hydroxylation sites is 1. The number of phenolic OH excluding ortho intramolecular Hbond substituents is 1. The molecule has 2 aliphatic heterocycles. The molecule has 3 atom stereocenters. The zero-order chi connectivity index (χ0) is 28.8. The molecule has 3 aromatic carbocycles. The summed E-state index contributed by atoms with van der Waals surface area (Å²) in [5.41, 5.74) is 2.45. The third-order valence-corrected chi connectivity index (χ3v) is 9.89. The van der Waals surface area contributed by atoms with Crippen molar-refractivity contribution in [3.05, 3.63) is 98.5 Å². The van der Waals surface area contributed by atoms with Crippen molar-refractivity contribution in [2.45, 2.75) is 29.7 Å². The Labute approximate surface area is 243 Å². The van der Waals surface area contributed by atoms with Crippen LogP contribution in [0.2, 0.25) is 0 Å². The zero-order valence-electron chi connectivity index (χ0n) is 22.1. The van der Waals surface area contributed by atoms with Gasteiger partial charge in [0.25, 0.3) is 0 Å². The molecule has 2 aliphatic rings. The first kappa shape index (κ1) is 26.9. The number of amides is 3. The summed E-state index contributed by atoms with van der Waals surface area (Å²) >= 11 is 2.06. The number of thiazole rings is 1. The number of anilines is 2. The molecule has 0 bridgehead atoms. The number of imide groups is 1. The van der Waals surface area contributed by atoms with Crippen LogP contribution in [0.25, 0.3) is 0 Å². The normalized spacial score (nSPS) is 19.6. The van der Waals surface area contributed by atoms with Crippen molar-refractivity contribution >= 4 is 52.2 Å². The van der Waals surface area contributed by atoms with E-state index in [-0.39, 0.29) is 23.1 Å². The third-order valence-electron chi connectivity index (χ3n) is 7.29. The van der Waals surface area contributed by atoms with Crippen LogP contribution in [-0.4, -0.2) is 39.8 Å². The first-order valence-corrected chi connectivity index (χ1v) is 14.5. The molecule has 2 unspecified atom stereocenters. The molecule has 3 amide bonds. The Bertz CT molecular complexity index is 1730. The van der Waals surface area contributed by atoms with Crippen molar-refractivity contribution in [2.75, 3.05) is 17.3 Å². The first-order chi connectivity index (χ1) is 19.8. The topological polar surface area (TPSA) is 118 Å². The number of carbonyl (C=O) groups is 3. The maximum atomic E-state index is 13.9. The number of thioether (sulfide) groups is 1. The predicted octanol–water partition coefficient (Wildman–Crippen LogP) is 4.37. The lowest BCUT2D eigenvalue weighted by molar-refractivity contribution is -0.122. The average molecular weight is 588 g/mol. The van der Waals surface area contributed by atoms with E-state index in [9.17, 15) is 24.3 Å². The molecule has 11 heteroatoms. The molecule has 1 fully saturated rings. The van der Waals surface area contributed by atoms with E-state index in [1.165, 1.54) is 15.5 Å². The number of nitrogens with one attached hydrogen (secondary N) is 1. The fourth-order valence-corrected chi connectivity index (χ4v) is 8.07. The fourth-order valence-electron chi connectivity index (χ4n) is 5.31. The van der Waals surface area contributed by atoms with Crippen LogP contribution in [0.4, 0.5) is 11.4 Å². The molecule has 3 heterocycles.